The maximum absolute atomic E-state index is 7.25. The van der Waals surface area contributed by atoms with E-state index in [1.165, 1.54) is 33.6 Å². The van der Waals surface area contributed by atoms with Gasteiger partial charge in [0.05, 0.1) is 18.7 Å². The zero-order valence-corrected chi connectivity index (χ0v) is 33.8. The molecule has 0 fully saturated rings. The van der Waals surface area contributed by atoms with Gasteiger partial charge < -0.3 is 14.2 Å². The first-order chi connectivity index (χ1) is 29.1. The third-order valence-electron chi connectivity index (χ3n) is 10.3. The Hall–Kier alpha value is -6.88. The smallest absolute Gasteiger partial charge is 0.213 e. The van der Waals surface area contributed by atoms with Gasteiger partial charge in [0.15, 0.2) is 6.54 Å². The van der Waals surface area contributed by atoms with Crippen LogP contribution in [0.25, 0.3) is 44.2 Å². The van der Waals surface area contributed by atoms with Gasteiger partial charge in [-0.05, 0) is 106 Å². The normalized spacial score (nSPS) is 11.4. The molecule has 0 N–H and O–H groups in total. The van der Waals surface area contributed by atoms with Crippen molar-refractivity contribution in [1.82, 2.24) is 0 Å². The summed E-state index contributed by atoms with van der Waals surface area (Å²) in [5, 5.41) is 0.637. The van der Waals surface area contributed by atoms with E-state index in [-0.39, 0.29) is 0 Å². The molecule has 5 heteroatoms. The van der Waals surface area contributed by atoms with Crippen molar-refractivity contribution in [2.75, 3.05) is 13.7 Å². The zero-order valence-electron chi connectivity index (χ0n) is 33.0. The molecule has 0 aliphatic carbocycles. The fraction of sp³-hybridized carbons (Fsp3) is 0.0926. The highest BCUT2D eigenvalue weighted by Crippen LogP contribution is 2.37. The molecule has 0 saturated carbocycles. The number of hydrogen-bond donors (Lipinski definition) is 0. The van der Waals surface area contributed by atoms with Crippen molar-refractivity contribution in [2.24, 2.45) is 0 Å². The molecule has 1 heterocycles. The zero-order chi connectivity index (χ0) is 40.2. The highest BCUT2D eigenvalue weighted by molar-refractivity contribution is 6.53. The van der Waals surface area contributed by atoms with Gasteiger partial charge in [-0.1, -0.05) is 133 Å². The summed E-state index contributed by atoms with van der Waals surface area (Å²) >= 11 is 7.25. The standard InChI is InChI=1S/C54H45ClNO3/c1-57-48-29-27-46(28-30-48)54(55)53(45-25-33-50(34-26-45)59-39-40-15-6-2-7-16-40)44-23-31-49(32-24-44)58-36-14-35-56-51(42-19-10-4-11-20-42)37-47(41-17-8-3-9-18-41)38-52(56)43-21-12-5-13-22-43/h2-13,15-34,37-38H,14,35-36,39H2,1H3/q+1/b54-53+. The first-order valence-corrected chi connectivity index (χ1v) is 20.3. The number of nitrogens with zero attached hydrogens (tertiary/aromatic N) is 1. The predicted molar refractivity (Wildman–Crippen MR) is 241 cm³/mol. The highest BCUT2D eigenvalue weighted by Gasteiger charge is 2.23. The number of halogens is 1. The third-order valence-corrected chi connectivity index (χ3v) is 10.7. The van der Waals surface area contributed by atoms with Gasteiger partial charge in [-0.2, -0.15) is 4.57 Å². The van der Waals surface area contributed by atoms with Crippen LogP contribution in [-0.4, -0.2) is 13.7 Å². The fourth-order valence-corrected chi connectivity index (χ4v) is 7.59. The van der Waals surface area contributed by atoms with Gasteiger partial charge >= 0.3 is 0 Å². The monoisotopic (exact) mass is 790 g/mol. The minimum Gasteiger partial charge on any atom is -0.497 e. The van der Waals surface area contributed by atoms with E-state index in [1.54, 1.807) is 7.11 Å². The highest BCUT2D eigenvalue weighted by atomic mass is 35.5. The lowest BCUT2D eigenvalue weighted by molar-refractivity contribution is -0.675. The summed E-state index contributed by atoms with van der Waals surface area (Å²) in [6.07, 6.45) is 0.809. The van der Waals surface area contributed by atoms with E-state index in [2.05, 4.69) is 144 Å². The lowest BCUT2D eigenvalue weighted by Gasteiger charge is -2.15. The van der Waals surface area contributed by atoms with Crippen LogP contribution in [0.4, 0.5) is 0 Å². The van der Waals surface area contributed by atoms with E-state index < -0.39 is 0 Å². The van der Waals surface area contributed by atoms with Crippen LogP contribution in [0, 0.1) is 0 Å². The van der Waals surface area contributed by atoms with Gasteiger partial charge in [0.25, 0.3) is 0 Å². The molecule has 4 nitrogen and oxygen atoms in total. The second-order valence-electron chi connectivity index (χ2n) is 14.2. The molecule has 0 bridgehead atoms. The van der Waals surface area contributed by atoms with Gasteiger partial charge in [0.1, 0.15) is 23.9 Å². The molecule has 8 rings (SSSR count). The van der Waals surface area contributed by atoms with Crippen LogP contribution >= 0.6 is 11.6 Å². The van der Waals surface area contributed by atoms with Gasteiger partial charge in [0.2, 0.25) is 11.4 Å². The average Bonchev–Trinajstić information content (AvgIpc) is 3.31. The number of pyridine rings is 1. The Labute approximate surface area is 352 Å². The number of hydrogen-bond acceptors (Lipinski definition) is 3. The predicted octanol–water partition coefficient (Wildman–Crippen LogP) is 13.2. The van der Waals surface area contributed by atoms with Gasteiger partial charge in [0, 0.05) is 35.3 Å². The third kappa shape index (κ3) is 9.64. The van der Waals surface area contributed by atoms with Crippen LogP contribution in [0.2, 0.25) is 0 Å². The van der Waals surface area contributed by atoms with Crippen molar-refractivity contribution in [3.63, 3.8) is 0 Å². The van der Waals surface area contributed by atoms with Crippen molar-refractivity contribution >= 4 is 22.2 Å². The molecule has 59 heavy (non-hydrogen) atoms. The molecule has 1 aromatic heterocycles. The summed E-state index contributed by atoms with van der Waals surface area (Å²) in [5.74, 6) is 2.36. The van der Waals surface area contributed by atoms with Crippen LogP contribution in [0.5, 0.6) is 17.2 Å². The molecule has 0 aliphatic heterocycles. The van der Waals surface area contributed by atoms with E-state index in [1.807, 2.05) is 66.7 Å². The Balaban J connectivity index is 1.03. The van der Waals surface area contributed by atoms with E-state index in [9.17, 15) is 0 Å². The quantitative estimate of drug-likeness (QED) is 0.0589. The van der Waals surface area contributed by atoms with Crippen LogP contribution in [-0.2, 0) is 13.2 Å². The summed E-state index contributed by atoms with van der Waals surface area (Å²) in [6.45, 7) is 1.82. The average molecular weight is 791 g/mol. The van der Waals surface area contributed by atoms with Crippen LogP contribution in [0.1, 0.15) is 28.7 Å². The van der Waals surface area contributed by atoms with Crippen LogP contribution in [0.3, 0.4) is 0 Å². The first-order valence-electron chi connectivity index (χ1n) is 19.9. The summed E-state index contributed by atoms with van der Waals surface area (Å²) < 4.78 is 20.3. The molecule has 0 aliphatic rings. The Kier molecular flexibility index (Phi) is 12.6. The number of aromatic nitrogens is 1. The molecule has 0 amide bonds. The summed E-state index contributed by atoms with van der Waals surface area (Å²) in [6, 6.07) is 70.8. The number of ether oxygens (including phenoxy) is 3. The molecule has 0 radical (unpaired) electrons. The Morgan fingerprint density at radius 3 is 1.41 bits per heavy atom. The van der Waals surface area contributed by atoms with Crippen molar-refractivity contribution in [1.29, 1.82) is 0 Å². The second kappa shape index (κ2) is 19.0. The maximum atomic E-state index is 7.25. The molecule has 0 saturated heterocycles. The molecule has 290 valence electrons. The van der Waals surface area contributed by atoms with Crippen molar-refractivity contribution < 1.29 is 18.8 Å². The first kappa shape index (κ1) is 39.0. The van der Waals surface area contributed by atoms with E-state index in [4.69, 9.17) is 25.8 Å². The summed E-state index contributed by atoms with van der Waals surface area (Å²) in [5.41, 5.74) is 11.9. The van der Waals surface area contributed by atoms with Gasteiger partial charge in [-0.25, -0.2) is 0 Å². The van der Waals surface area contributed by atoms with Crippen LogP contribution in [0.15, 0.2) is 206 Å². The maximum Gasteiger partial charge on any atom is 0.213 e. The number of methoxy groups -OCH3 is 1. The molecular formula is C54H45ClNO3+. The minimum absolute atomic E-state index is 0.499. The fourth-order valence-electron chi connectivity index (χ4n) is 7.25. The van der Waals surface area contributed by atoms with Crippen LogP contribution < -0.4 is 18.8 Å². The Morgan fingerprint density at radius 1 is 0.458 bits per heavy atom. The van der Waals surface area contributed by atoms with Gasteiger partial charge in [-0.3, -0.25) is 0 Å². The molecule has 0 unspecified atom stereocenters. The van der Waals surface area contributed by atoms with Gasteiger partial charge in [-0.15, -0.1) is 0 Å². The topological polar surface area (TPSA) is 31.6 Å². The second-order valence-corrected chi connectivity index (χ2v) is 14.6. The van der Waals surface area contributed by atoms with E-state index >= 15 is 0 Å². The minimum atomic E-state index is 0.499. The molecule has 0 spiro atoms. The molecular weight excluding hydrogens is 746 g/mol. The number of benzene rings is 7. The van der Waals surface area contributed by atoms with E-state index in [0.29, 0.717) is 18.2 Å². The Bertz CT molecular complexity index is 2530. The lowest BCUT2D eigenvalue weighted by atomic mass is 9.95. The van der Waals surface area contributed by atoms with Crippen molar-refractivity contribution in [2.45, 2.75) is 19.6 Å². The SMILES string of the molecule is COc1ccc(/C(Cl)=C(/c2ccc(OCCC[n+]3c(-c4ccccc4)cc(-c4ccccc4)cc3-c3ccccc3)cc2)c2ccc(OCc3ccccc3)cc2)cc1. The lowest BCUT2D eigenvalue weighted by Crippen LogP contribution is -2.39. The Morgan fingerprint density at radius 2 is 0.898 bits per heavy atom. The number of rotatable bonds is 15. The largest absolute Gasteiger partial charge is 0.497 e. The summed E-state index contributed by atoms with van der Waals surface area (Å²) in [4.78, 5) is 0. The molecule has 7 aromatic carbocycles. The van der Waals surface area contributed by atoms with E-state index in [0.717, 1.165) is 58.0 Å². The summed E-state index contributed by atoms with van der Waals surface area (Å²) in [7, 11) is 1.66. The van der Waals surface area contributed by atoms with Crippen molar-refractivity contribution in [3.8, 4) is 50.9 Å². The van der Waals surface area contributed by atoms with Crippen molar-refractivity contribution in [3.05, 3.63) is 229 Å². The molecule has 8 aromatic rings. The molecule has 0 atom stereocenters.